The number of aromatic nitrogens is 4. The maximum absolute atomic E-state index is 12.8. The first kappa shape index (κ1) is 103. The van der Waals surface area contributed by atoms with E-state index in [1.54, 1.807) is 99.9 Å². The highest BCUT2D eigenvalue weighted by Gasteiger charge is 2.26. The van der Waals surface area contributed by atoms with Crippen molar-refractivity contribution in [3.63, 3.8) is 0 Å². The lowest BCUT2D eigenvalue weighted by molar-refractivity contribution is -0.117. The Kier molecular flexibility index (Phi) is 38.0. The Bertz CT molecular complexity index is 6520. The van der Waals surface area contributed by atoms with Gasteiger partial charge in [0, 0.05) is 88.7 Å². The summed E-state index contributed by atoms with van der Waals surface area (Å²) in [5.41, 5.74) is 12.3. The van der Waals surface area contributed by atoms with Gasteiger partial charge in [-0.2, -0.15) is 0 Å². The standard InChI is InChI=1S/C20H20O4.C18H22O3.C16H16O4.C14H14N2O3.C13H13NO2.C12H10N2O3S.C11H13NO3/c1-4-13-6-8-15(9-7-13)24-20-12(3)23-18-11-17(21)14(5-2)10-16(18)19(20)22;1-4-12-9-14(5-7-16(12)20)18(2,3)15-6-8-17(21)13(10-15)11-19;1-10-3-5-12(6-4-10)20-9-16(19)13-7-11(2)14(17)8-15(13)18;1-8-3-4-10(5-9(8)2)12(17)6-11-7-15-14(19)16-13(11)18;1-9-11(13(16)8-14-9)7-6-10-4-2-3-5-12(10)15;15-9-3-2-8(6-10(9)16)11(17)7-18-12-13-4-1-5-14-12;1-2-9(13)7-12-6-8-3-4-10(14)11(15)5-8/h6-11,21H,4-5H2,1-3H3;5-10,19-21H,4,11H2,1-3H3;3-8,17-18H,9H2,1-2H3;3-5,7H,6H2,1-2H3,(H2,15,16,18,19);2-5,7-8,15-16H,6H2,1H3;1-6,15-16H,7H2;3-6,14-15H,2,7H2,1H3/b;;;;11-7-;;. The molecule has 0 radical (unpaired) electrons. The smallest absolute Gasteiger partial charge is 0.325 e. The third-order valence-corrected chi connectivity index (χ3v) is 21.9. The summed E-state index contributed by atoms with van der Waals surface area (Å²) in [5.74, 6) is 1.16. The molecule has 13 aromatic rings. The summed E-state index contributed by atoms with van der Waals surface area (Å²) < 4.78 is 16.8. The van der Waals surface area contributed by atoms with Crippen LogP contribution in [0.3, 0.4) is 0 Å². The van der Waals surface area contributed by atoms with Crippen molar-refractivity contribution in [3.05, 3.63) is 362 Å². The van der Waals surface area contributed by atoms with Crippen LogP contribution in [0.5, 0.6) is 74.7 Å². The van der Waals surface area contributed by atoms with Gasteiger partial charge in [0.05, 0.1) is 36.1 Å². The molecule has 0 unspecified atom stereocenters. The zero-order valence-corrected chi connectivity index (χ0v) is 76.5. The number of benzene rings is 10. The number of aromatic amines is 2. The number of aliphatic hydroxyl groups excluding tert-OH is 2. The number of carbonyl (C=O) groups is 4. The zero-order chi connectivity index (χ0) is 97.3. The van der Waals surface area contributed by atoms with Crippen LogP contribution in [0.25, 0.3) is 11.0 Å². The van der Waals surface area contributed by atoms with E-state index in [1.807, 2.05) is 126 Å². The predicted octanol–water partition coefficient (Wildman–Crippen LogP) is 18.4. The lowest BCUT2D eigenvalue weighted by atomic mass is 9.77. The predicted molar refractivity (Wildman–Crippen MR) is 513 cm³/mol. The van der Waals surface area contributed by atoms with Crippen LogP contribution < -0.4 is 26.2 Å². The zero-order valence-electron chi connectivity index (χ0n) is 75.7. The number of nitrogens with zero attached hydrogens (tertiary/aromatic N) is 4. The fourth-order valence-electron chi connectivity index (χ4n) is 12.6. The minimum atomic E-state index is -0.577. The third-order valence-electron chi connectivity index (χ3n) is 21.0. The lowest BCUT2D eigenvalue weighted by Crippen LogP contribution is -2.26. The van der Waals surface area contributed by atoms with Gasteiger partial charge in [-0.1, -0.05) is 138 Å². The van der Waals surface area contributed by atoms with Crippen molar-refractivity contribution < 1.29 is 94.3 Å². The quantitative estimate of drug-likeness (QED) is 0.00831. The van der Waals surface area contributed by atoms with Gasteiger partial charge in [0.2, 0.25) is 17.0 Å². The highest BCUT2D eigenvalue weighted by Crippen LogP contribution is 2.38. The molecule has 0 spiro atoms. The van der Waals surface area contributed by atoms with Gasteiger partial charge in [0.25, 0.3) is 5.56 Å². The number of aromatic hydroxyl groups is 10. The molecule has 0 aliphatic carbocycles. The average Bonchev–Trinajstić information content (AvgIpc) is 0.813. The number of nitrogens with one attached hydrogen (secondary N) is 2. The number of ketones is 4. The number of aliphatic imine (C=N–C) groups is 2. The van der Waals surface area contributed by atoms with Crippen LogP contribution in [0.2, 0.25) is 0 Å². The molecule has 14 rings (SSSR count). The molecule has 0 fully saturated rings. The van der Waals surface area contributed by atoms with E-state index < -0.39 is 11.2 Å². The number of rotatable bonds is 25. The van der Waals surface area contributed by atoms with Gasteiger partial charge in [0.1, 0.15) is 63.1 Å². The van der Waals surface area contributed by atoms with Crippen molar-refractivity contribution in [1.82, 2.24) is 19.9 Å². The van der Waals surface area contributed by atoms with Crippen LogP contribution in [-0.2, 0) is 48.9 Å². The van der Waals surface area contributed by atoms with E-state index in [1.165, 1.54) is 78.4 Å². The van der Waals surface area contributed by atoms with Crippen LogP contribution in [-0.4, -0.2) is 135 Å². The van der Waals surface area contributed by atoms with Crippen LogP contribution in [0.1, 0.15) is 164 Å². The fraction of sp³-hybridized carbons (Fsp3) is 0.221. The van der Waals surface area contributed by atoms with E-state index in [-0.39, 0.29) is 140 Å². The van der Waals surface area contributed by atoms with E-state index in [0.29, 0.717) is 91.8 Å². The van der Waals surface area contributed by atoms with Crippen LogP contribution in [0.4, 0.5) is 0 Å². The minimum Gasteiger partial charge on any atom is -0.508 e. The summed E-state index contributed by atoms with van der Waals surface area (Å²) in [6, 6.07) is 54.3. The second-order valence-electron chi connectivity index (χ2n) is 31.0. The number of phenolic OH excluding ortho intramolecular Hbond substituents is 9. The molecule has 0 saturated carbocycles. The number of aryl methyl sites for hydroxylation is 8. The largest absolute Gasteiger partial charge is 0.508 e. The van der Waals surface area contributed by atoms with Crippen molar-refractivity contribution in [3.8, 4) is 74.7 Å². The second-order valence-corrected chi connectivity index (χ2v) is 31.9. The lowest BCUT2D eigenvalue weighted by Gasteiger charge is -2.27. The minimum absolute atomic E-state index is 0.0331. The molecule has 0 amide bonds. The molecule has 4 heterocycles. The number of carbonyl (C=O) groups excluding carboxylic acids is 4. The molecule has 29 heteroatoms. The molecule has 3 aromatic heterocycles. The highest BCUT2D eigenvalue weighted by atomic mass is 32.2. The van der Waals surface area contributed by atoms with Crippen LogP contribution in [0, 0.1) is 34.6 Å². The third kappa shape index (κ3) is 30.0. The molecular weight excluding hydrogens is 1720 g/mol. The van der Waals surface area contributed by atoms with Crippen molar-refractivity contribution >= 4 is 57.8 Å². The van der Waals surface area contributed by atoms with E-state index >= 15 is 0 Å². The number of ether oxygens (including phenoxy) is 2. The number of thioether (sulfide) groups is 1. The Labute approximate surface area is 772 Å². The van der Waals surface area contributed by atoms with Crippen LogP contribution in [0.15, 0.2) is 270 Å². The van der Waals surface area contributed by atoms with Crippen molar-refractivity contribution in [2.75, 3.05) is 18.9 Å². The van der Waals surface area contributed by atoms with Gasteiger partial charge in [-0.05, 0) is 232 Å². The number of allylic oxidation sites excluding steroid dienone is 2. The molecule has 1 aliphatic rings. The number of fused-ring (bicyclic) bond motifs is 1. The SMILES string of the molecule is CC1=NC=C(O)/C1=C\Cc1ccccc1O.CCC(=O)CN=Cc1ccc(O)c(O)c1.CCc1cc(C(C)(C)c2ccc(O)c(CO)c2)ccc1O.CCc1ccc(Oc2c(C)oc3cc(O)c(CC)cc3c2=O)cc1.Cc1ccc(C(=O)Cc2c[nH]c(=O)[nH]c2=O)cc1C.Cc1ccc(OCC(=O)c2cc(C)c(O)cc2O)cc1.O=C(CSc1ncccn1)c1ccc(O)c(O)c1. The van der Waals surface area contributed by atoms with E-state index in [4.69, 9.17) is 24.1 Å². The van der Waals surface area contributed by atoms with Crippen LogP contribution >= 0.6 is 11.8 Å². The number of hydrogen-bond donors (Lipinski definition) is 14. The number of Topliss-reactive ketones (excluding diaryl/α,β-unsaturated/α-hetero) is 4. The molecule has 0 bridgehead atoms. The Morgan fingerprint density at radius 3 is 1.74 bits per heavy atom. The number of phenols is 10. The summed E-state index contributed by atoms with van der Waals surface area (Å²) in [5, 5.41) is 115. The van der Waals surface area contributed by atoms with Gasteiger partial charge in [-0.3, -0.25) is 43.7 Å². The summed E-state index contributed by atoms with van der Waals surface area (Å²) in [4.78, 5) is 102. The van der Waals surface area contributed by atoms with Gasteiger partial charge in [-0.15, -0.1) is 0 Å². The Morgan fingerprint density at radius 2 is 1.14 bits per heavy atom. The van der Waals surface area contributed by atoms with Gasteiger partial charge < -0.3 is 80.2 Å². The number of aliphatic hydroxyl groups is 2. The first-order valence-corrected chi connectivity index (χ1v) is 43.2. The molecule has 1 aliphatic heterocycles. The second kappa shape index (κ2) is 49.2. The summed E-state index contributed by atoms with van der Waals surface area (Å²) in [7, 11) is 0. The van der Waals surface area contributed by atoms with E-state index in [9.17, 15) is 84.6 Å². The molecule has 0 atom stereocenters. The van der Waals surface area contributed by atoms with Gasteiger partial charge >= 0.3 is 5.69 Å². The molecule has 692 valence electrons. The van der Waals surface area contributed by atoms with Crippen molar-refractivity contribution in [2.45, 2.75) is 139 Å². The number of H-pyrrole nitrogens is 2. The monoisotopic (exact) mass is 1820 g/mol. The maximum Gasteiger partial charge on any atom is 0.325 e. The topological polar surface area (TPSA) is 476 Å². The Balaban J connectivity index is 0.000000192. The highest BCUT2D eigenvalue weighted by molar-refractivity contribution is 7.99. The normalized spacial score (nSPS) is 11.5. The van der Waals surface area contributed by atoms with E-state index in [2.05, 4.69) is 50.7 Å². The van der Waals surface area contributed by atoms with Gasteiger partial charge in [-0.25, -0.2) is 14.8 Å². The summed E-state index contributed by atoms with van der Waals surface area (Å²) in [6.07, 6.45) is 12.6. The molecule has 14 N–H and O–H groups in total. The van der Waals surface area contributed by atoms with Crippen molar-refractivity contribution in [2.24, 2.45) is 9.98 Å². The number of hydrogen-bond acceptors (Lipinski definition) is 27. The average molecular weight is 1830 g/mol. The molecular formula is C104H108N6O22S. The van der Waals surface area contributed by atoms with Gasteiger partial charge in [0.15, 0.2) is 52.1 Å². The Hall–Kier alpha value is -15.6. The van der Waals surface area contributed by atoms with Crippen molar-refractivity contribution in [1.29, 1.82) is 0 Å². The molecule has 0 saturated heterocycles. The molecule has 10 aromatic carbocycles. The fourth-order valence-corrected chi connectivity index (χ4v) is 13.3. The molecule has 28 nitrogen and oxygen atoms in total. The maximum atomic E-state index is 12.8. The van der Waals surface area contributed by atoms with E-state index in [0.717, 1.165) is 69.1 Å². The number of para-hydroxylation sites is 1. The molecule has 133 heavy (non-hydrogen) atoms. The summed E-state index contributed by atoms with van der Waals surface area (Å²) >= 11 is 1.22. The Morgan fingerprint density at radius 1 is 0.534 bits per heavy atom. The first-order chi connectivity index (χ1) is 63.3. The summed E-state index contributed by atoms with van der Waals surface area (Å²) in [6.45, 7) is 22.8. The first-order valence-electron chi connectivity index (χ1n) is 42.2.